The summed E-state index contributed by atoms with van der Waals surface area (Å²) in [5.41, 5.74) is 2.69. The minimum absolute atomic E-state index is 0.0617. The van der Waals surface area contributed by atoms with Gasteiger partial charge >= 0.3 is 0 Å². The van der Waals surface area contributed by atoms with Gasteiger partial charge < -0.3 is 5.32 Å². The van der Waals surface area contributed by atoms with Crippen LogP contribution in [0.5, 0.6) is 0 Å². The smallest absolute Gasteiger partial charge is 0.233 e. The molecule has 1 aliphatic carbocycles. The highest BCUT2D eigenvalue weighted by molar-refractivity contribution is 8.00. The molecule has 0 saturated heterocycles. The van der Waals surface area contributed by atoms with Crippen molar-refractivity contribution in [3.63, 3.8) is 0 Å². The summed E-state index contributed by atoms with van der Waals surface area (Å²) in [6.07, 6.45) is 2.03. The van der Waals surface area contributed by atoms with Crippen LogP contribution in [0.15, 0.2) is 53.7 Å². The summed E-state index contributed by atoms with van der Waals surface area (Å²) in [5.74, 6) is 0.149. The quantitative estimate of drug-likeness (QED) is 0.582. The number of benzene rings is 2. The molecule has 1 aliphatic rings. The Labute approximate surface area is 173 Å². The number of carbonyl (C=O) groups excluding carboxylic acids is 1. The molecule has 0 aliphatic heterocycles. The minimum atomic E-state index is -0.337. The molecule has 4 rings (SSSR count). The van der Waals surface area contributed by atoms with Gasteiger partial charge in [-0.3, -0.25) is 9.36 Å². The number of aryl methyl sites for hydroxylation is 1. The first-order valence-electron chi connectivity index (χ1n) is 9.72. The molecule has 2 aromatic carbocycles. The molecule has 5 nitrogen and oxygen atoms in total. The van der Waals surface area contributed by atoms with Crippen LogP contribution in [0.1, 0.15) is 36.9 Å². The summed E-state index contributed by atoms with van der Waals surface area (Å²) in [5, 5.41) is 11.8. The lowest BCUT2D eigenvalue weighted by Gasteiger charge is -2.13. The van der Waals surface area contributed by atoms with Crippen molar-refractivity contribution < 1.29 is 9.18 Å². The zero-order chi connectivity index (χ0) is 20.4. The van der Waals surface area contributed by atoms with Gasteiger partial charge in [0.25, 0.3) is 0 Å². The van der Waals surface area contributed by atoms with Crippen LogP contribution in [0.4, 0.5) is 4.39 Å². The molecule has 3 aromatic rings. The van der Waals surface area contributed by atoms with E-state index in [2.05, 4.69) is 15.5 Å². The Balaban J connectivity index is 1.47. The molecule has 29 heavy (non-hydrogen) atoms. The van der Waals surface area contributed by atoms with Crippen LogP contribution >= 0.6 is 11.8 Å². The number of aromatic nitrogens is 3. The van der Waals surface area contributed by atoms with E-state index in [-0.39, 0.29) is 23.0 Å². The van der Waals surface area contributed by atoms with E-state index in [0.29, 0.717) is 23.1 Å². The second kappa shape index (κ2) is 8.37. The third kappa shape index (κ3) is 4.50. The fourth-order valence-corrected chi connectivity index (χ4v) is 4.04. The Morgan fingerprint density at radius 2 is 1.93 bits per heavy atom. The van der Waals surface area contributed by atoms with Crippen molar-refractivity contribution in [2.45, 2.75) is 49.7 Å². The van der Waals surface area contributed by atoms with E-state index >= 15 is 0 Å². The van der Waals surface area contributed by atoms with Gasteiger partial charge in [-0.2, -0.15) is 0 Å². The molecule has 1 atom stereocenters. The van der Waals surface area contributed by atoms with Crippen molar-refractivity contribution in [3.8, 4) is 11.4 Å². The molecule has 1 fully saturated rings. The van der Waals surface area contributed by atoms with Crippen molar-refractivity contribution in [1.82, 2.24) is 20.1 Å². The summed E-state index contributed by atoms with van der Waals surface area (Å²) >= 11 is 1.36. The highest BCUT2D eigenvalue weighted by Gasteiger charge is 2.32. The summed E-state index contributed by atoms with van der Waals surface area (Å²) in [7, 11) is 0. The molecule has 0 spiro atoms. The number of hydrogen-bond acceptors (Lipinski definition) is 4. The van der Waals surface area contributed by atoms with Crippen molar-refractivity contribution in [3.05, 3.63) is 65.5 Å². The maximum atomic E-state index is 14.3. The molecular formula is C22H23FN4OS. The van der Waals surface area contributed by atoms with E-state index in [1.165, 1.54) is 23.4 Å². The van der Waals surface area contributed by atoms with Crippen LogP contribution in [-0.4, -0.2) is 25.9 Å². The predicted octanol–water partition coefficient (Wildman–Crippen LogP) is 4.52. The van der Waals surface area contributed by atoms with Crippen LogP contribution in [0.3, 0.4) is 0 Å². The third-order valence-electron chi connectivity index (χ3n) is 4.93. The van der Waals surface area contributed by atoms with Crippen LogP contribution < -0.4 is 5.32 Å². The molecule has 1 saturated carbocycles. The Kier molecular flexibility index (Phi) is 5.67. The van der Waals surface area contributed by atoms with Crippen molar-refractivity contribution in [1.29, 1.82) is 0 Å². The number of nitrogens with one attached hydrogen (secondary N) is 1. The minimum Gasteiger partial charge on any atom is -0.351 e. The maximum Gasteiger partial charge on any atom is 0.233 e. The second-order valence-corrected chi connectivity index (χ2v) is 8.66. The first-order valence-corrected chi connectivity index (χ1v) is 10.6. The number of nitrogens with zero attached hydrogens (tertiary/aromatic N) is 3. The van der Waals surface area contributed by atoms with Crippen molar-refractivity contribution in [2.75, 3.05) is 0 Å². The summed E-state index contributed by atoms with van der Waals surface area (Å²) in [6.45, 7) is 4.37. The predicted molar refractivity (Wildman–Crippen MR) is 112 cm³/mol. The SMILES string of the molecule is Cc1ccc(CNC(=O)C(C)Sc2nnc(-c3ccccc3F)n2C2CC2)cc1. The summed E-state index contributed by atoms with van der Waals surface area (Å²) in [6, 6.07) is 14.9. The lowest BCUT2D eigenvalue weighted by molar-refractivity contribution is -0.120. The van der Waals surface area contributed by atoms with E-state index in [1.807, 2.05) is 42.7 Å². The van der Waals surface area contributed by atoms with E-state index in [4.69, 9.17) is 0 Å². The number of amides is 1. The number of hydrogen-bond donors (Lipinski definition) is 1. The Morgan fingerprint density at radius 3 is 2.62 bits per heavy atom. The fraction of sp³-hybridized carbons (Fsp3) is 0.318. The van der Waals surface area contributed by atoms with Gasteiger partial charge in [-0.1, -0.05) is 53.7 Å². The Hall–Kier alpha value is -2.67. The number of carbonyl (C=O) groups is 1. The second-order valence-electron chi connectivity index (χ2n) is 7.35. The van der Waals surface area contributed by atoms with Gasteiger partial charge in [0.2, 0.25) is 5.91 Å². The zero-order valence-corrected chi connectivity index (χ0v) is 17.2. The molecule has 1 N–H and O–H groups in total. The van der Waals surface area contributed by atoms with E-state index in [1.54, 1.807) is 18.2 Å². The molecule has 0 bridgehead atoms. The van der Waals surface area contributed by atoms with Gasteiger partial charge in [-0.15, -0.1) is 10.2 Å². The van der Waals surface area contributed by atoms with Crippen LogP contribution in [0, 0.1) is 12.7 Å². The molecule has 1 unspecified atom stereocenters. The van der Waals surface area contributed by atoms with E-state index in [0.717, 1.165) is 18.4 Å². The number of thioether (sulfide) groups is 1. The standard InChI is InChI=1S/C22H23FN4OS/c1-14-7-9-16(10-8-14)13-24-21(28)15(2)29-22-26-25-20(27(22)17-11-12-17)18-5-3-4-6-19(18)23/h3-10,15,17H,11-13H2,1-2H3,(H,24,28). The molecule has 1 amide bonds. The van der Waals surface area contributed by atoms with Gasteiger partial charge in [0, 0.05) is 12.6 Å². The normalized spacial score (nSPS) is 14.6. The highest BCUT2D eigenvalue weighted by Crippen LogP contribution is 2.42. The lowest BCUT2D eigenvalue weighted by Crippen LogP contribution is -2.30. The summed E-state index contributed by atoms with van der Waals surface area (Å²) < 4.78 is 16.3. The van der Waals surface area contributed by atoms with Crippen LogP contribution in [0.25, 0.3) is 11.4 Å². The third-order valence-corrected chi connectivity index (χ3v) is 5.99. The number of rotatable bonds is 7. The monoisotopic (exact) mass is 410 g/mol. The zero-order valence-electron chi connectivity index (χ0n) is 16.4. The molecule has 150 valence electrons. The van der Waals surface area contributed by atoms with E-state index < -0.39 is 0 Å². The largest absolute Gasteiger partial charge is 0.351 e. The topological polar surface area (TPSA) is 59.8 Å². The summed E-state index contributed by atoms with van der Waals surface area (Å²) in [4.78, 5) is 12.6. The van der Waals surface area contributed by atoms with Crippen LogP contribution in [-0.2, 0) is 11.3 Å². The first kappa shape index (κ1) is 19.6. The average molecular weight is 411 g/mol. The molecule has 1 aromatic heterocycles. The Morgan fingerprint density at radius 1 is 1.21 bits per heavy atom. The van der Waals surface area contributed by atoms with Gasteiger partial charge in [-0.25, -0.2) is 4.39 Å². The lowest BCUT2D eigenvalue weighted by atomic mass is 10.1. The fourth-order valence-electron chi connectivity index (χ4n) is 3.10. The molecular weight excluding hydrogens is 387 g/mol. The first-order chi connectivity index (χ1) is 14.0. The molecule has 7 heteroatoms. The molecule has 1 heterocycles. The van der Waals surface area contributed by atoms with Crippen LogP contribution in [0.2, 0.25) is 0 Å². The van der Waals surface area contributed by atoms with Gasteiger partial charge in [0.05, 0.1) is 10.8 Å². The van der Waals surface area contributed by atoms with Gasteiger partial charge in [0.1, 0.15) is 5.82 Å². The maximum absolute atomic E-state index is 14.3. The van der Waals surface area contributed by atoms with E-state index in [9.17, 15) is 9.18 Å². The van der Waals surface area contributed by atoms with Gasteiger partial charge in [-0.05, 0) is 44.4 Å². The highest BCUT2D eigenvalue weighted by atomic mass is 32.2. The van der Waals surface area contributed by atoms with Gasteiger partial charge in [0.15, 0.2) is 11.0 Å². The average Bonchev–Trinajstić information content (AvgIpc) is 3.48. The number of halogens is 1. The molecule has 0 radical (unpaired) electrons. The van der Waals surface area contributed by atoms with Crippen molar-refractivity contribution in [2.24, 2.45) is 0 Å². The Bertz CT molecular complexity index is 1010. The van der Waals surface area contributed by atoms with Crippen molar-refractivity contribution >= 4 is 17.7 Å².